The Balaban J connectivity index is 2.75. The van der Waals surface area contributed by atoms with E-state index >= 15 is 0 Å². The Morgan fingerprint density at radius 2 is 2.30 bits per heavy atom. The molecule has 2 heteroatoms. The van der Waals surface area contributed by atoms with Gasteiger partial charge in [0, 0.05) is 0 Å². The van der Waals surface area contributed by atoms with Gasteiger partial charge in [0.05, 0.1) is 0 Å². The summed E-state index contributed by atoms with van der Waals surface area (Å²) in [7, 11) is 0. The van der Waals surface area contributed by atoms with Crippen LogP contribution in [0.1, 0.15) is 5.56 Å². The molecule has 0 heterocycles. The fraction of sp³-hybridized carbons (Fsp3) is 0.250. The van der Waals surface area contributed by atoms with Crippen LogP contribution in [0.25, 0.3) is 0 Å². The normalized spacial score (nSPS) is 9.80. The van der Waals surface area contributed by atoms with Gasteiger partial charge in [-0.2, -0.15) is 0 Å². The van der Waals surface area contributed by atoms with Gasteiger partial charge in [0.1, 0.15) is 0 Å². The second kappa shape index (κ2) is 4.17. The number of benzene rings is 1. The summed E-state index contributed by atoms with van der Waals surface area (Å²) in [5.74, 6) is 2.26. The fourth-order valence-electron chi connectivity index (χ4n) is 0.793. The standard InChI is InChI=1S/C8H9BrSe/c1-10-6-7-3-2-4-8(9)5-7/h2-5H,6H2,1H3. The molecule has 0 atom stereocenters. The molecule has 0 saturated heterocycles. The molecule has 0 saturated carbocycles. The van der Waals surface area contributed by atoms with Crippen molar-refractivity contribution in [2.75, 3.05) is 0 Å². The molecule has 0 spiro atoms. The molecule has 0 aromatic heterocycles. The Labute approximate surface area is 76.3 Å². The zero-order valence-corrected chi connectivity index (χ0v) is 9.10. The maximum atomic E-state index is 3.44. The van der Waals surface area contributed by atoms with Crippen molar-refractivity contribution in [3.8, 4) is 0 Å². The predicted octanol–water partition coefficient (Wildman–Crippen LogP) is 2.70. The van der Waals surface area contributed by atoms with Crippen LogP contribution in [0.2, 0.25) is 5.82 Å². The van der Waals surface area contributed by atoms with Crippen LogP contribution in [0.15, 0.2) is 28.7 Å². The number of hydrogen-bond acceptors (Lipinski definition) is 0. The topological polar surface area (TPSA) is 0 Å². The van der Waals surface area contributed by atoms with Gasteiger partial charge in [-0.15, -0.1) is 0 Å². The van der Waals surface area contributed by atoms with E-state index in [0.717, 1.165) is 15.0 Å². The Bertz CT molecular complexity index is 210. The van der Waals surface area contributed by atoms with Gasteiger partial charge in [-0.3, -0.25) is 0 Å². The second-order valence-electron chi connectivity index (χ2n) is 2.06. The summed E-state index contributed by atoms with van der Waals surface area (Å²) in [5, 5.41) is 1.24. The summed E-state index contributed by atoms with van der Waals surface area (Å²) in [6.07, 6.45) is 0. The summed E-state index contributed by atoms with van der Waals surface area (Å²) in [4.78, 5) is 0. The SMILES string of the molecule is C[Se]Cc1cccc(Br)c1. The minimum atomic E-state index is 0.751. The van der Waals surface area contributed by atoms with Gasteiger partial charge in [-0.25, -0.2) is 0 Å². The van der Waals surface area contributed by atoms with E-state index in [4.69, 9.17) is 0 Å². The third kappa shape index (κ3) is 2.45. The van der Waals surface area contributed by atoms with Crippen LogP contribution in [0.4, 0.5) is 0 Å². The molecular weight excluding hydrogens is 255 g/mol. The maximum absolute atomic E-state index is 3.44. The minimum absolute atomic E-state index is 0.751. The van der Waals surface area contributed by atoms with Crippen molar-refractivity contribution in [2.45, 2.75) is 11.1 Å². The molecule has 0 aliphatic carbocycles. The van der Waals surface area contributed by atoms with Gasteiger partial charge < -0.3 is 0 Å². The molecule has 0 unspecified atom stereocenters. The van der Waals surface area contributed by atoms with Crippen LogP contribution in [0.3, 0.4) is 0 Å². The monoisotopic (exact) mass is 264 g/mol. The first-order chi connectivity index (χ1) is 4.83. The second-order valence-corrected chi connectivity index (χ2v) is 4.80. The molecule has 0 amide bonds. The molecule has 54 valence electrons. The Morgan fingerprint density at radius 1 is 1.50 bits per heavy atom. The molecule has 0 N–H and O–H groups in total. The average molecular weight is 264 g/mol. The average Bonchev–Trinajstić information content (AvgIpc) is 1.88. The van der Waals surface area contributed by atoms with Crippen molar-refractivity contribution >= 4 is 30.9 Å². The molecular formula is C8H9BrSe. The van der Waals surface area contributed by atoms with Crippen LogP contribution in [0, 0.1) is 0 Å². The van der Waals surface area contributed by atoms with Crippen LogP contribution in [-0.4, -0.2) is 15.0 Å². The van der Waals surface area contributed by atoms with E-state index in [1.54, 1.807) is 0 Å². The van der Waals surface area contributed by atoms with Crippen molar-refractivity contribution in [3.05, 3.63) is 34.3 Å². The van der Waals surface area contributed by atoms with Crippen molar-refractivity contribution in [1.29, 1.82) is 0 Å². The summed E-state index contributed by atoms with van der Waals surface area (Å²) < 4.78 is 1.19. The van der Waals surface area contributed by atoms with Gasteiger partial charge in [0.25, 0.3) is 0 Å². The first-order valence-corrected chi connectivity index (χ1v) is 6.78. The zero-order valence-electron chi connectivity index (χ0n) is 5.80. The number of halogens is 1. The Morgan fingerprint density at radius 3 is 2.90 bits per heavy atom. The van der Waals surface area contributed by atoms with Gasteiger partial charge in [-0.1, -0.05) is 0 Å². The van der Waals surface area contributed by atoms with E-state index in [1.165, 1.54) is 15.4 Å². The Kier molecular flexibility index (Phi) is 3.47. The molecule has 1 aromatic carbocycles. The van der Waals surface area contributed by atoms with E-state index < -0.39 is 0 Å². The molecule has 0 aliphatic heterocycles. The quantitative estimate of drug-likeness (QED) is 0.720. The van der Waals surface area contributed by atoms with E-state index in [2.05, 4.69) is 46.0 Å². The number of rotatable bonds is 2. The molecule has 1 rings (SSSR count). The predicted molar refractivity (Wildman–Crippen MR) is 49.5 cm³/mol. The number of hydrogen-bond donors (Lipinski definition) is 0. The van der Waals surface area contributed by atoms with E-state index in [0.29, 0.717) is 0 Å². The van der Waals surface area contributed by atoms with Crippen LogP contribution < -0.4 is 0 Å². The van der Waals surface area contributed by atoms with Crippen LogP contribution >= 0.6 is 15.9 Å². The summed E-state index contributed by atoms with van der Waals surface area (Å²) >= 11 is 4.19. The van der Waals surface area contributed by atoms with Gasteiger partial charge in [0.2, 0.25) is 0 Å². The van der Waals surface area contributed by atoms with Crippen LogP contribution in [-0.2, 0) is 5.32 Å². The molecule has 0 nitrogen and oxygen atoms in total. The van der Waals surface area contributed by atoms with Gasteiger partial charge in [0.15, 0.2) is 0 Å². The van der Waals surface area contributed by atoms with Crippen molar-refractivity contribution in [2.24, 2.45) is 0 Å². The summed E-state index contributed by atoms with van der Waals surface area (Å²) in [5.41, 5.74) is 1.44. The molecule has 0 fully saturated rings. The van der Waals surface area contributed by atoms with Crippen molar-refractivity contribution in [1.82, 2.24) is 0 Å². The van der Waals surface area contributed by atoms with E-state index in [9.17, 15) is 0 Å². The molecule has 0 radical (unpaired) electrons. The first-order valence-electron chi connectivity index (χ1n) is 3.06. The third-order valence-electron chi connectivity index (χ3n) is 1.20. The zero-order chi connectivity index (χ0) is 7.40. The van der Waals surface area contributed by atoms with Crippen LogP contribution in [0.5, 0.6) is 0 Å². The molecule has 0 aliphatic rings. The Hall–Kier alpha value is 0.219. The van der Waals surface area contributed by atoms with Gasteiger partial charge >= 0.3 is 76.3 Å². The fourth-order valence-corrected chi connectivity index (χ4v) is 2.32. The third-order valence-corrected chi connectivity index (χ3v) is 3.00. The molecule has 10 heavy (non-hydrogen) atoms. The summed E-state index contributed by atoms with van der Waals surface area (Å²) in [6.45, 7) is 0. The first kappa shape index (κ1) is 8.32. The molecule has 1 aromatic rings. The van der Waals surface area contributed by atoms with Crippen molar-refractivity contribution < 1.29 is 0 Å². The van der Waals surface area contributed by atoms with Crippen molar-refractivity contribution in [3.63, 3.8) is 0 Å². The van der Waals surface area contributed by atoms with E-state index in [1.807, 2.05) is 0 Å². The van der Waals surface area contributed by atoms with E-state index in [-0.39, 0.29) is 0 Å². The van der Waals surface area contributed by atoms with Gasteiger partial charge in [-0.05, 0) is 0 Å². The summed E-state index contributed by atoms with van der Waals surface area (Å²) in [6, 6.07) is 8.51. The molecule has 0 bridgehead atoms.